The minimum atomic E-state index is -0.247. The summed E-state index contributed by atoms with van der Waals surface area (Å²) in [6.07, 6.45) is 0. The summed E-state index contributed by atoms with van der Waals surface area (Å²) in [6.45, 7) is 6.21. The highest BCUT2D eigenvalue weighted by Gasteiger charge is 2.17. The molecule has 27 heavy (non-hydrogen) atoms. The highest BCUT2D eigenvalue weighted by Crippen LogP contribution is 2.21. The minimum absolute atomic E-state index is 0.247. The van der Waals surface area contributed by atoms with Crippen molar-refractivity contribution < 1.29 is 4.79 Å². The number of carbonyl (C=O) groups excluding carboxylic acids is 1. The maximum atomic E-state index is 12.6. The van der Waals surface area contributed by atoms with Gasteiger partial charge in [-0.25, -0.2) is 4.98 Å². The SMILES string of the molecule is Cc1ccc(-n2nc(C)c(C(=O)NCc3nc4ccccc4s3)n2)c(C)c1. The van der Waals surface area contributed by atoms with Crippen molar-refractivity contribution >= 4 is 27.5 Å². The van der Waals surface area contributed by atoms with Gasteiger partial charge in [-0.05, 0) is 44.5 Å². The fourth-order valence-corrected chi connectivity index (χ4v) is 3.87. The Labute approximate surface area is 160 Å². The molecule has 0 aliphatic heterocycles. The van der Waals surface area contributed by atoms with Gasteiger partial charge in [-0.15, -0.1) is 16.4 Å². The van der Waals surface area contributed by atoms with Gasteiger partial charge in [-0.3, -0.25) is 4.79 Å². The quantitative estimate of drug-likeness (QED) is 0.588. The number of hydrogen-bond acceptors (Lipinski definition) is 5. The molecule has 0 aliphatic rings. The molecule has 4 aromatic rings. The molecule has 0 aliphatic carbocycles. The van der Waals surface area contributed by atoms with Crippen molar-refractivity contribution in [3.8, 4) is 5.69 Å². The average molecular weight is 377 g/mol. The molecule has 2 aromatic heterocycles. The molecule has 0 saturated carbocycles. The largest absolute Gasteiger partial charge is 0.344 e. The molecule has 0 bridgehead atoms. The first kappa shape index (κ1) is 17.4. The van der Waals surface area contributed by atoms with Crippen LogP contribution in [-0.4, -0.2) is 25.9 Å². The van der Waals surface area contributed by atoms with E-state index in [1.807, 2.05) is 50.2 Å². The van der Waals surface area contributed by atoms with E-state index in [4.69, 9.17) is 0 Å². The van der Waals surface area contributed by atoms with Gasteiger partial charge in [-0.2, -0.15) is 9.90 Å². The second kappa shape index (κ2) is 6.92. The molecule has 0 spiro atoms. The van der Waals surface area contributed by atoms with Crippen LogP contribution in [0.25, 0.3) is 15.9 Å². The fraction of sp³-hybridized carbons (Fsp3) is 0.200. The maximum absolute atomic E-state index is 12.6. The van der Waals surface area contributed by atoms with Crippen LogP contribution in [0, 0.1) is 20.8 Å². The van der Waals surface area contributed by atoms with Gasteiger partial charge in [0, 0.05) is 0 Å². The van der Waals surface area contributed by atoms with E-state index in [1.165, 1.54) is 10.4 Å². The number of amides is 1. The maximum Gasteiger partial charge on any atom is 0.274 e. The van der Waals surface area contributed by atoms with Crippen LogP contribution in [0.2, 0.25) is 0 Å². The van der Waals surface area contributed by atoms with Crippen LogP contribution in [0.3, 0.4) is 0 Å². The summed E-state index contributed by atoms with van der Waals surface area (Å²) in [5.74, 6) is -0.247. The van der Waals surface area contributed by atoms with E-state index in [2.05, 4.69) is 26.6 Å². The smallest absolute Gasteiger partial charge is 0.274 e. The first-order valence-corrected chi connectivity index (χ1v) is 9.47. The minimum Gasteiger partial charge on any atom is -0.344 e. The summed E-state index contributed by atoms with van der Waals surface area (Å²) in [4.78, 5) is 18.6. The lowest BCUT2D eigenvalue weighted by Crippen LogP contribution is -2.24. The Bertz CT molecular complexity index is 1110. The van der Waals surface area contributed by atoms with Gasteiger partial charge in [-0.1, -0.05) is 29.8 Å². The number of aryl methyl sites for hydroxylation is 3. The zero-order valence-corrected chi connectivity index (χ0v) is 16.2. The number of aromatic nitrogens is 4. The van der Waals surface area contributed by atoms with Gasteiger partial charge < -0.3 is 5.32 Å². The van der Waals surface area contributed by atoms with E-state index in [0.717, 1.165) is 26.5 Å². The van der Waals surface area contributed by atoms with E-state index < -0.39 is 0 Å². The van der Waals surface area contributed by atoms with Gasteiger partial charge in [0.05, 0.1) is 28.1 Å². The van der Waals surface area contributed by atoms with Gasteiger partial charge >= 0.3 is 0 Å². The molecule has 0 unspecified atom stereocenters. The molecule has 1 N–H and O–H groups in total. The Morgan fingerprint density at radius 2 is 1.93 bits per heavy atom. The summed E-state index contributed by atoms with van der Waals surface area (Å²) in [7, 11) is 0. The zero-order valence-electron chi connectivity index (χ0n) is 15.4. The second-order valence-corrected chi connectivity index (χ2v) is 7.59. The first-order valence-electron chi connectivity index (χ1n) is 8.65. The molecule has 7 heteroatoms. The van der Waals surface area contributed by atoms with Crippen molar-refractivity contribution in [2.75, 3.05) is 0 Å². The van der Waals surface area contributed by atoms with E-state index in [1.54, 1.807) is 18.3 Å². The van der Waals surface area contributed by atoms with Gasteiger partial charge in [0.2, 0.25) is 0 Å². The summed E-state index contributed by atoms with van der Waals surface area (Å²) >= 11 is 1.58. The lowest BCUT2D eigenvalue weighted by molar-refractivity contribution is 0.0945. The van der Waals surface area contributed by atoms with Crippen molar-refractivity contribution in [1.29, 1.82) is 0 Å². The lowest BCUT2D eigenvalue weighted by atomic mass is 10.1. The van der Waals surface area contributed by atoms with Crippen LogP contribution in [0.1, 0.15) is 32.3 Å². The van der Waals surface area contributed by atoms with Crippen molar-refractivity contribution in [3.63, 3.8) is 0 Å². The highest BCUT2D eigenvalue weighted by molar-refractivity contribution is 7.18. The fourth-order valence-electron chi connectivity index (χ4n) is 2.96. The molecule has 0 saturated heterocycles. The summed E-state index contributed by atoms with van der Waals surface area (Å²) in [5, 5.41) is 12.6. The summed E-state index contributed by atoms with van der Waals surface area (Å²) in [5.41, 5.74) is 4.98. The molecular weight excluding hydrogens is 358 g/mol. The van der Waals surface area contributed by atoms with E-state index in [-0.39, 0.29) is 5.91 Å². The third kappa shape index (κ3) is 3.46. The normalized spacial score (nSPS) is 11.1. The molecule has 1 amide bonds. The third-order valence-corrected chi connectivity index (χ3v) is 5.34. The van der Waals surface area contributed by atoms with Crippen molar-refractivity contribution in [2.45, 2.75) is 27.3 Å². The summed E-state index contributed by atoms with van der Waals surface area (Å²) in [6, 6.07) is 14.0. The van der Waals surface area contributed by atoms with Crippen LogP contribution in [0.5, 0.6) is 0 Å². The summed E-state index contributed by atoms with van der Waals surface area (Å²) < 4.78 is 1.11. The number of carbonyl (C=O) groups is 1. The zero-order chi connectivity index (χ0) is 19.0. The molecule has 0 atom stereocenters. The van der Waals surface area contributed by atoms with E-state index in [9.17, 15) is 4.79 Å². The third-order valence-electron chi connectivity index (χ3n) is 4.30. The van der Waals surface area contributed by atoms with Crippen LogP contribution in [-0.2, 0) is 6.54 Å². The molecule has 2 aromatic carbocycles. The number of thiazole rings is 1. The predicted molar refractivity (Wildman–Crippen MR) is 106 cm³/mol. The highest BCUT2D eigenvalue weighted by atomic mass is 32.1. The second-order valence-electron chi connectivity index (χ2n) is 6.47. The molecule has 0 radical (unpaired) electrons. The Balaban J connectivity index is 1.52. The average Bonchev–Trinajstić information content (AvgIpc) is 3.22. The molecular formula is C20H19N5OS. The van der Waals surface area contributed by atoms with Gasteiger partial charge in [0.1, 0.15) is 5.01 Å². The Morgan fingerprint density at radius 3 is 2.70 bits per heavy atom. The number of para-hydroxylation sites is 1. The monoisotopic (exact) mass is 377 g/mol. The Morgan fingerprint density at radius 1 is 1.11 bits per heavy atom. The van der Waals surface area contributed by atoms with Crippen molar-refractivity contribution in [3.05, 3.63) is 70.0 Å². The number of rotatable bonds is 4. The number of nitrogens with one attached hydrogen (secondary N) is 1. The molecule has 2 heterocycles. The Kier molecular flexibility index (Phi) is 4.45. The Hall–Kier alpha value is -3.06. The number of benzene rings is 2. The number of nitrogens with zero attached hydrogens (tertiary/aromatic N) is 4. The molecule has 4 rings (SSSR count). The first-order chi connectivity index (χ1) is 13.0. The van der Waals surface area contributed by atoms with Crippen LogP contribution in [0.4, 0.5) is 0 Å². The number of hydrogen-bond donors (Lipinski definition) is 1. The topological polar surface area (TPSA) is 72.7 Å². The van der Waals surface area contributed by atoms with Crippen LogP contribution < -0.4 is 5.32 Å². The van der Waals surface area contributed by atoms with Gasteiger partial charge in [0.15, 0.2) is 5.69 Å². The predicted octanol–water partition coefficient (Wildman–Crippen LogP) is 3.73. The lowest BCUT2D eigenvalue weighted by Gasteiger charge is -2.05. The van der Waals surface area contributed by atoms with Crippen molar-refractivity contribution in [1.82, 2.24) is 25.3 Å². The molecule has 0 fully saturated rings. The number of fused-ring (bicyclic) bond motifs is 1. The molecule has 136 valence electrons. The van der Waals surface area contributed by atoms with Crippen LogP contribution >= 0.6 is 11.3 Å². The standard InChI is InChI=1S/C20H19N5OS/c1-12-8-9-16(13(2)10-12)25-23-14(3)19(24-25)20(26)21-11-18-22-15-6-4-5-7-17(15)27-18/h4-10H,11H2,1-3H3,(H,21,26). The van der Waals surface area contributed by atoms with Crippen LogP contribution in [0.15, 0.2) is 42.5 Å². The van der Waals surface area contributed by atoms with E-state index >= 15 is 0 Å². The van der Waals surface area contributed by atoms with E-state index in [0.29, 0.717) is 17.9 Å². The van der Waals surface area contributed by atoms with Crippen molar-refractivity contribution in [2.24, 2.45) is 0 Å². The molecule has 6 nitrogen and oxygen atoms in total. The van der Waals surface area contributed by atoms with Gasteiger partial charge in [0.25, 0.3) is 5.91 Å².